The molecule has 0 aromatic heterocycles. The summed E-state index contributed by atoms with van der Waals surface area (Å²) in [5.74, 6) is -0.561. The Labute approximate surface area is 134 Å². The second-order valence-electron chi connectivity index (χ2n) is 4.15. The van der Waals surface area contributed by atoms with Gasteiger partial charge in [0.25, 0.3) is 5.91 Å². The lowest BCUT2D eigenvalue weighted by Crippen LogP contribution is -2.13. The quantitative estimate of drug-likeness (QED) is 0.725. The van der Waals surface area contributed by atoms with E-state index < -0.39 is 0 Å². The number of hydrogen-bond acceptors (Lipinski definition) is 2. The van der Waals surface area contributed by atoms with Crippen LogP contribution in [0.4, 0.5) is 5.69 Å². The molecule has 0 atom stereocenters. The molecule has 20 heavy (non-hydrogen) atoms. The molecule has 0 bridgehead atoms. The van der Waals surface area contributed by atoms with Crippen molar-refractivity contribution in [2.24, 2.45) is 0 Å². The molecule has 0 saturated heterocycles. The Balaban J connectivity index is 2.35. The number of phenols is 1. The molecule has 0 aliphatic heterocycles. The van der Waals surface area contributed by atoms with Crippen LogP contribution in [0.1, 0.15) is 15.9 Å². The molecular weight excluding hydrogens is 365 g/mol. The van der Waals surface area contributed by atoms with Crippen molar-refractivity contribution in [3.05, 3.63) is 56.0 Å². The first-order valence-electron chi connectivity index (χ1n) is 5.64. The minimum Gasteiger partial charge on any atom is -0.504 e. The van der Waals surface area contributed by atoms with Gasteiger partial charge in [-0.25, -0.2) is 0 Å². The smallest absolute Gasteiger partial charge is 0.256 e. The highest BCUT2D eigenvalue weighted by molar-refractivity contribution is 9.10. The van der Waals surface area contributed by atoms with E-state index >= 15 is 0 Å². The molecule has 0 unspecified atom stereocenters. The van der Waals surface area contributed by atoms with Crippen molar-refractivity contribution in [2.75, 3.05) is 5.32 Å². The molecule has 2 rings (SSSR count). The van der Waals surface area contributed by atoms with Gasteiger partial charge >= 0.3 is 0 Å². The van der Waals surface area contributed by atoms with Crippen molar-refractivity contribution in [3.8, 4) is 5.75 Å². The van der Waals surface area contributed by atoms with Crippen LogP contribution in [0.25, 0.3) is 0 Å². The molecular formula is C14H10BrCl2NO2. The zero-order chi connectivity index (χ0) is 14.9. The summed E-state index contributed by atoms with van der Waals surface area (Å²) in [6.07, 6.45) is 0. The lowest BCUT2D eigenvalue weighted by Gasteiger charge is -2.11. The molecule has 0 spiro atoms. The van der Waals surface area contributed by atoms with Gasteiger partial charge in [-0.15, -0.1) is 0 Å². The topological polar surface area (TPSA) is 49.3 Å². The Kier molecular flexibility index (Phi) is 4.58. The Morgan fingerprint density at radius 2 is 2.00 bits per heavy atom. The largest absolute Gasteiger partial charge is 0.504 e. The van der Waals surface area contributed by atoms with Gasteiger partial charge in [-0.05, 0) is 36.8 Å². The van der Waals surface area contributed by atoms with Crippen LogP contribution in [0.2, 0.25) is 10.0 Å². The fourth-order valence-corrected chi connectivity index (χ4v) is 2.56. The lowest BCUT2D eigenvalue weighted by molar-refractivity contribution is 0.102. The Bertz CT molecular complexity index is 689. The Hall–Kier alpha value is -1.23. The first-order chi connectivity index (χ1) is 9.40. The normalized spacial score (nSPS) is 10.4. The molecule has 0 saturated carbocycles. The van der Waals surface area contributed by atoms with E-state index in [1.54, 1.807) is 12.1 Å². The summed E-state index contributed by atoms with van der Waals surface area (Å²) in [6.45, 7) is 1.82. The number of nitrogens with one attached hydrogen (secondary N) is 1. The fourth-order valence-electron chi connectivity index (χ4n) is 1.70. The molecule has 6 heteroatoms. The number of anilines is 1. The second-order valence-corrected chi connectivity index (χ2v) is 5.85. The highest BCUT2D eigenvalue weighted by atomic mass is 79.9. The monoisotopic (exact) mass is 373 g/mol. The molecule has 3 nitrogen and oxygen atoms in total. The maximum atomic E-state index is 12.2. The number of phenolic OH excluding ortho intramolecular Hbond substituents is 1. The zero-order valence-corrected chi connectivity index (χ0v) is 13.5. The zero-order valence-electron chi connectivity index (χ0n) is 10.4. The predicted molar refractivity (Wildman–Crippen MR) is 85.0 cm³/mol. The molecule has 2 aromatic rings. The van der Waals surface area contributed by atoms with Crippen molar-refractivity contribution in [1.82, 2.24) is 0 Å². The third-order valence-corrected chi connectivity index (χ3v) is 4.15. The number of benzene rings is 2. The third kappa shape index (κ3) is 3.08. The molecule has 2 aromatic carbocycles. The fraction of sp³-hybridized carbons (Fsp3) is 0.0714. The van der Waals surface area contributed by atoms with E-state index in [1.165, 1.54) is 12.1 Å². The highest BCUT2D eigenvalue weighted by Gasteiger charge is 2.14. The van der Waals surface area contributed by atoms with Crippen molar-refractivity contribution < 1.29 is 9.90 Å². The summed E-state index contributed by atoms with van der Waals surface area (Å²) < 4.78 is 0.832. The molecule has 1 amide bonds. The van der Waals surface area contributed by atoms with Crippen LogP contribution < -0.4 is 5.32 Å². The van der Waals surface area contributed by atoms with Gasteiger partial charge < -0.3 is 10.4 Å². The van der Waals surface area contributed by atoms with Gasteiger partial charge in [-0.3, -0.25) is 4.79 Å². The van der Waals surface area contributed by atoms with Crippen LogP contribution >= 0.6 is 39.1 Å². The van der Waals surface area contributed by atoms with Gasteiger partial charge in [0, 0.05) is 15.1 Å². The summed E-state index contributed by atoms with van der Waals surface area (Å²) in [5.41, 5.74) is 1.47. The summed E-state index contributed by atoms with van der Waals surface area (Å²) >= 11 is 15.0. The van der Waals surface area contributed by atoms with Crippen LogP contribution in [-0.4, -0.2) is 11.0 Å². The first kappa shape index (κ1) is 15.2. The van der Waals surface area contributed by atoms with Gasteiger partial charge in [0.15, 0.2) is 5.75 Å². The predicted octanol–water partition coefficient (Wildman–Crippen LogP) is 5.02. The summed E-state index contributed by atoms with van der Waals surface area (Å²) in [6, 6.07) is 8.14. The number of amides is 1. The molecule has 0 fully saturated rings. The lowest BCUT2D eigenvalue weighted by atomic mass is 10.1. The third-order valence-electron chi connectivity index (χ3n) is 2.79. The highest BCUT2D eigenvalue weighted by Crippen LogP contribution is 2.35. The number of aromatic hydroxyl groups is 1. The van der Waals surface area contributed by atoms with Crippen molar-refractivity contribution in [2.45, 2.75) is 6.92 Å². The standard InChI is InChI=1S/C14H10BrCl2NO2/c1-7-9(3-2-4-10(7)15)14(20)18-12-6-8(16)5-11(17)13(12)19/h2-6,19H,1H3,(H,18,20). The van der Waals surface area contributed by atoms with Crippen LogP contribution in [0.5, 0.6) is 5.75 Å². The molecule has 0 aliphatic rings. The van der Waals surface area contributed by atoms with Crippen LogP contribution in [0.15, 0.2) is 34.8 Å². The van der Waals surface area contributed by atoms with E-state index in [-0.39, 0.29) is 22.4 Å². The number of halogens is 3. The van der Waals surface area contributed by atoms with E-state index in [4.69, 9.17) is 23.2 Å². The molecule has 0 aliphatic carbocycles. The van der Waals surface area contributed by atoms with E-state index in [0.717, 1.165) is 10.0 Å². The first-order valence-corrected chi connectivity index (χ1v) is 7.19. The average molecular weight is 375 g/mol. The van der Waals surface area contributed by atoms with Gasteiger partial charge in [-0.1, -0.05) is 45.2 Å². The molecule has 0 heterocycles. The summed E-state index contributed by atoms with van der Waals surface area (Å²) in [4.78, 5) is 12.2. The second kappa shape index (κ2) is 6.04. The number of hydrogen-bond donors (Lipinski definition) is 2. The van der Waals surface area contributed by atoms with E-state index in [2.05, 4.69) is 21.2 Å². The van der Waals surface area contributed by atoms with Gasteiger partial charge in [0.1, 0.15) is 0 Å². The molecule has 104 valence electrons. The maximum absolute atomic E-state index is 12.2. The van der Waals surface area contributed by atoms with E-state index in [0.29, 0.717) is 10.6 Å². The van der Waals surface area contributed by atoms with Crippen LogP contribution in [0, 0.1) is 6.92 Å². The van der Waals surface area contributed by atoms with E-state index in [9.17, 15) is 9.90 Å². The maximum Gasteiger partial charge on any atom is 0.256 e. The summed E-state index contributed by atoms with van der Waals surface area (Å²) in [7, 11) is 0. The molecule has 2 N–H and O–H groups in total. The van der Waals surface area contributed by atoms with Crippen molar-refractivity contribution in [3.63, 3.8) is 0 Å². The minimum absolute atomic E-state index is 0.0822. The van der Waals surface area contributed by atoms with Gasteiger partial charge in [0.05, 0.1) is 10.7 Å². The van der Waals surface area contributed by atoms with Gasteiger partial charge in [0.2, 0.25) is 0 Å². The number of rotatable bonds is 2. The Morgan fingerprint density at radius 3 is 2.70 bits per heavy atom. The van der Waals surface area contributed by atoms with Gasteiger partial charge in [-0.2, -0.15) is 0 Å². The van der Waals surface area contributed by atoms with Crippen molar-refractivity contribution >= 4 is 50.7 Å². The van der Waals surface area contributed by atoms with Crippen molar-refractivity contribution in [1.29, 1.82) is 0 Å². The molecule has 0 radical (unpaired) electrons. The van der Waals surface area contributed by atoms with Crippen LogP contribution in [-0.2, 0) is 0 Å². The van der Waals surface area contributed by atoms with E-state index in [1.807, 2.05) is 13.0 Å². The minimum atomic E-state index is -0.350. The SMILES string of the molecule is Cc1c(Br)cccc1C(=O)Nc1cc(Cl)cc(Cl)c1O. The summed E-state index contributed by atoms with van der Waals surface area (Å²) in [5, 5.41) is 12.8. The average Bonchev–Trinajstić information content (AvgIpc) is 2.38. The van der Waals surface area contributed by atoms with Crippen LogP contribution in [0.3, 0.4) is 0 Å². The number of carbonyl (C=O) groups is 1. The Morgan fingerprint density at radius 1 is 1.30 bits per heavy atom. The number of carbonyl (C=O) groups excluding carboxylic acids is 1.